The highest BCUT2D eigenvalue weighted by atomic mass is 17.2. The third-order valence-corrected chi connectivity index (χ3v) is 0.509. The molecule has 0 rings (SSSR count). The topological polar surface area (TPSA) is 44.8 Å². The number of esters is 1. The third kappa shape index (κ3) is 4.99. The van der Waals surface area contributed by atoms with E-state index in [-0.39, 0.29) is 6.61 Å². The molecular weight excluding hydrogens is 124 g/mol. The number of hydrogen-bond acceptors (Lipinski definition) is 4. The molecule has 0 radical (unpaired) electrons. The van der Waals surface area contributed by atoms with E-state index in [2.05, 4.69) is 21.1 Å². The van der Waals surface area contributed by atoms with E-state index in [0.29, 0.717) is 0 Å². The van der Waals surface area contributed by atoms with Crippen LogP contribution < -0.4 is 0 Å². The second kappa shape index (κ2) is 5.27. The van der Waals surface area contributed by atoms with Crippen LogP contribution in [0, 0.1) is 0 Å². The van der Waals surface area contributed by atoms with Crippen molar-refractivity contribution in [1.29, 1.82) is 0 Å². The lowest BCUT2D eigenvalue weighted by Gasteiger charge is -1.95. The summed E-state index contributed by atoms with van der Waals surface area (Å²) in [5, 5.41) is 0. The van der Waals surface area contributed by atoms with Crippen molar-refractivity contribution in [2.75, 3.05) is 13.7 Å². The Labute approximate surface area is 52.9 Å². The van der Waals surface area contributed by atoms with E-state index < -0.39 is 5.97 Å². The van der Waals surface area contributed by atoms with Gasteiger partial charge in [-0.2, -0.15) is 0 Å². The highest BCUT2D eigenvalue weighted by Gasteiger charge is 1.98. The van der Waals surface area contributed by atoms with Crippen LogP contribution in [0.15, 0.2) is 12.8 Å². The van der Waals surface area contributed by atoms with E-state index in [4.69, 9.17) is 0 Å². The summed E-state index contributed by atoms with van der Waals surface area (Å²) in [6.07, 6.45) is 1.03. The highest BCUT2D eigenvalue weighted by molar-refractivity contribution is 5.71. The largest absolute Gasteiger partial charge is 0.433 e. The van der Waals surface area contributed by atoms with E-state index in [9.17, 15) is 4.79 Å². The molecule has 0 aliphatic carbocycles. The summed E-state index contributed by atoms with van der Waals surface area (Å²) in [6.45, 7) is 2.95. The number of ether oxygens (including phenoxy) is 1. The summed E-state index contributed by atoms with van der Waals surface area (Å²) in [5.74, 6) is -0.535. The average molecular weight is 132 g/mol. The summed E-state index contributed by atoms with van der Waals surface area (Å²) in [4.78, 5) is 18.7. The van der Waals surface area contributed by atoms with Crippen LogP contribution in [-0.2, 0) is 19.3 Å². The molecule has 0 aromatic heterocycles. The van der Waals surface area contributed by atoms with E-state index in [0.717, 1.165) is 6.26 Å². The number of carbonyl (C=O) groups excluding carboxylic acids is 1. The van der Waals surface area contributed by atoms with Gasteiger partial charge in [-0.25, -0.2) is 14.6 Å². The van der Waals surface area contributed by atoms with E-state index in [1.165, 1.54) is 7.11 Å². The van der Waals surface area contributed by atoms with Crippen LogP contribution in [0.25, 0.3) is 0 Å². The van der Waals surface area contributed by atoms with Gasteiger partial charge in [0, 0.05) is 0 Å². The van der Waals surface area contributed by atoms with Crippen molar-refractivity contribution in [3.63, 3.8) is 0 Å². The van der Waals surface area contributed by atoms with Crippen LogP contribution in [0.3, 0.4) is 0 Å². The minimum atomic E-state index is -0.535. The van der Waals surface area contributed by atoms with Gasteiger partial charge in [-0.05, 0) is 0 Å². The molecule has 0 bridgehead atoms. The molecule has 0 aromatic carbocycles. The molecule has 4 heteroatoms. The molecule has 0 heterocycles. The van der Waals surface area contributed by atoms with Gasteiger partial charge >= 0.3 is 5.97 Å². The van der Waals surface area contributed by atoms with Gasteiger partial charge in [0.1, 0.15) is 0 Å². The summed E-state index contributed by atoms with van der Waals surface area (Å²) in [6, 6.07) is 0. The molecule has 0 saturated carbocycles. The fourth-order valence-electron chi connectivity index (χ4n) is 0.234. The second-order valence-corrected chi connectivity index (χ2v) is 1.09. The summed E-state index contributed by atoms with van der Waals surface area (Å²) in [5.41, 5.74) is 0. The van der Waals surface area contributed by atoms with Gasteiger partial charge in [0.25, 0.3) is 0 Å². The van der Waals surface area contributed by atoms with Crippen molar-refractivity contribution >= 4 is 5.97 Å². The monoisotopic (exact) mass is 132 g/mol. The standard InChI is InChI=1S/C5H8O4/c1-3-8-5(6)4-9-7-2/h3H,1,4H2,2H3. The van der Waals surface area contributed by atoms with E-state index in [1.807, 2.05) is 0 Å². The lowest BCUT2D eigenvalue weighted by molar-refractivity contribution is -0.271. The first-order chi connectivity index (χ1) is 4.31. The van der Waals surface area contributed by atoms with Gasteiger partial charge in [0.05, 0.1) is 13.4 Å². The SMILES string of the molecule is C=COC(=O)COOC. The smallest absolute Gasteiger partial charge is 0.340 e. The van der Waals surface area contributed by atoms with Crippen LogP contribution in [0.1, 0.15) is 0 Å². The first-order valence-corrected chi connectivity index (χ1v) is 2.27. The molecular formula is C5H8O4. The zero-order valence-electron chi connectivity index (χ0n) is 5.12. The van der Waals surface area contributed by atoms with Crippen molar-refractivity contribution < 1.29 is 19.3 Å². The predicted molar refractivity (Wildman–Crippen MR) is 29.2 cm³/mol. The molecule has 52 valence electrons. The van der Waals surface area contributed by atoms with Crippen LogP contribution in [0.4, 0.5) is 0 Å². The molecule has 0 atom stereocenters. The van der Waals surface area contributed by atoms with Gasteiger partial charge in [-0.1, -0.05) is 6.58 Å². The molecule has 9 heavy (non-hydrogen) atoms. The molecule has 0 spiro atoms. The fourth-order valence-corrected chi connectivity index (χ4v) is 0.234. The summed E-state index contributed by atoms with van der Waals surface area (Å²) in [7, 11) is 1.31. The van der Waals surface area contributed by atoms with Crippen LogP contribution in [0.2, 0.25) is 0 Å². The predicted octanol–water partition coefficient (Wildman–Crippen LogP) is 0.251. The van der Waals surface area contributed by atoms with Gasteiger partial charge in [0.15, 0.2) is 6.61 Å². The lowest BCUT2D eigenvalue weighted by Crippen LogP contribution is -2.08. The van der Waals surface area contributed by atoms with Crippen molar-refractivity contribution in [2.45, 2.75) is 0 Å². The molecule has 4 nitrogen and oxygen atoms in total. The zero-order chi connectivity index (χ0) is 7.11. The van der Waals surface area contributed by atoms with E-state index >= 15 is 0 Å². The highest BCUT2D eigenvalue weighted by Crippen LogP contribution is 1.79. The first kappa shape index (κ1) is 8.13. The Balaban J connectivity index is 3.16. The maximum absolute atomic E-state index is 10.3. The quantitative estimate of drug-likeness (QED) is 0.238. The van der Waals surface area contributed by atoms with Crippen molar-refractivity contribution in [3.8, 4) is 0 Å². The molecule has 0 fully saturated rings. The average Bonchev–Trinajstić information content (AvgIpc) is 1.85. The van der Waals surface area contributed by atoms with Crippen LogP contribution >= 0.6 is 0 Å². The van der Waals surface area contributed by atoms with Crippen molar-refractivity contribution in [2.24, 2.45) is 0 Å². The van der Waals surface area contributed by atoms with Crippen LogP contribution in [0.5, 0.6) is 0 Å². The Morgan fingerprint density at radius 2 is 2.44 bits per heavy atom. The lowest BCUT2D eigenvalue weighted by atomic mass is 10.7. The second-order valence-electron chi connectivity index (χ2n) is 1.09. The fraction of sp³-hybridized carbons (Fsp3) is 0.400. The molecule has 0 aromatic rings. The minimum Gasteiger partial charge on any atom is -0.433 e. The number of rotatable bonds is 4. The minimum absolute atomic E-state index is 0.220. The molecule has 0 aliphatic heterocycles. The molecule has 0 unspecified atom stereocenters. The summed E-state index contributed by atoms with van der Waals surface area (Å²) < 4.78 is 4.26. The van der Waals surface area contributed by atoms with Crippen molar-refractivity contribution in [1.82, 2.24) is 0 Å². The van der Waals surface area contributed by atoms with E-state index in [1.54, 1.807) is 0 Å². The summed E-state index contributed by atoms with van der Waals surface area (Å²) >= 11 is 0. The zero-order valence-corrected chi connectivity index (χ0v) is 5.12. The Bertz CT molecular complexity index is 99.1. The molecule has 0 saturated heterocycles. The molecule has 0 aliphatic rings. The molecule has 0 amide bonds. The Hall–Kier alpha value is -0.870. The first-order valence-electron chi connectivity index (χ1n) is 2.27. The normalized spacial score (nSPS) is 8.56. The Morgan fingerprint density at radius 3 is 2.89 bits per heavy atom. The number of hydrogen-bond donors (Lipinski definition) is 0. The Kier molecular flexibility index (Phi) is 4.76. The van der Waals surface area contributed by atoms with Gasteiger partial charge in [0.2, 0.25) is 0 Å². The maximum atomic E-state index is 10.3. The Morgan fingerprint density at radius 1 is 1.78 bits per heavy atom. The van der Waals surface area contributed by atoms with Gasteiger partial charge in [-0.3, -0.25) is 0 Å². The molecule has 0 N–H and O–H groups in total. The van der Waals surface area contributed by atoms with Gasteiger partial charge < -0.3 is 4.74 Å². The third-order valence-electron chi connectivity index (χ3n) is 0.509. The maximum Gasteiger partial charge on any atom is 0.340 e. The van der Waals surface area contributed by atoms with Gasteiger partial charge in [-0.15, -0.1) is 0 Å². The van der Waals surface area contributed by atoms with Crippen LogP contribution in [-0.4, -0.2) is 19.7 Å². The van der Waals surface area contributed by atoms with Crippen molar-refractivity contribution in [3.05, 3.63) is 12.8 Å². The number of carbonyl (C=O) groups is 1.